The van der Waals surface area contributed by atoms with Crippen molar-refractivity contribution in [3.05, 3.63) is 0 Å². The first-order chi connectivity index (χ1) is 7.51. The first-order valence-corrected chi connectivity index (χ1v) is 5.80. The van der Waals surface area contributed by atoms with Gasteiger partial charge in [-0.15, -0.1) is 0 Å². The zero-order valence-electron chi connectivity index (χ0n) is 9.81. The molecule has 2 atom stereocenters. The third-order valence-electron chi connectivity index (χ3n) is 3.80. The first-order valence-electron chi connectivity index (χ1n) is 5.80. The lowest BCUT2D eigenvalue weighted by atomic mass is 10.0. The topological polar surface area (TPSA) is 78.9 Å². The van der Waals surface area contributed by atoms with Gasteiger partial charge in [0.1, 0.15) is 5.41 Å². The molecule has 3 N–H and O–H groups in total. The van der Waals surface area contributed by atoms with Crippen LogP contribution in [0.2, 0.25) is 0 Å². The maximum Gasteiger partial charge on any atom is 0.236 e. The van der Waals surface area contributed by atoms with Crippen LogP contribution in [-0.2, 0) is 4.79 Å². The fraction of sp³-hybridized carbons (Fsp3) is 0.818. The van der Waals surface area contributed by atoms with Crippen LogP contribution in [-0.4, -0.2) is 34.4 Å². The second-order valence-electron chi connectivity index (χ2n) is 5.21. The minimum atomic E-state index is -0.687. The van der Waals surface area contributed by atoms with Crippen LogP contribution < -0.4 is 5.73 Å². The molecule has 2 fully saturated rings. The standard InChI is InChI=1S/C11H19N3O2/c1-7-5-8(2)14(6-7)10(15)11(3-4-11)9(12)13-16/h7-8,16H,3-6H2,1-2H3,(H2,12,13). The fourth-order valence-corrected chi connectivity index (χ4v) is 2.66. The van der Waals surface area contributed by atoms with Gasteiger partial charge < -0.3 is 15.8 Å². The van der Waals surface area contributed by atoms with Crippen LogP contribution in [0, 0.1) is 11.3 Å². The van der Waals surface area contributed by atoms with Crippen LogP contribution in [0.3, 0.4) is 0 Å². The molecule has 1 aliphatic heterocycles. The number of hydrogen-bond donors (Lipinski definition) is 2. The van der Waals surface area contributed by atoms with E-state index in [1.54, 1.807) is 0 Å². The Labute approximate surface area is 95.3 Å². The van der Waals surface area contributed by atoms with E-state index in [0.717, 1.165) is 13.0 Å². The normalized spacial score (nSPS) is 32.9. The maximum atomic E-state index is 12.3. The number of carbonyl (C=O) groups is 1. The summed E-state index contributed by atoms with van der Waals surface area (Å²) in [7, 11) is 0. The number of hydrogen-bond acceptors (Lipinski definition) is 3. The summed E-state index contributed by atoms with van der Waals surface area (Å²) in [5, 5.41) is 11.7. The lowest BCUT2D eigenvalue weighted by Crippen LogP contribution is -2.45. The summed E-state index contributed by atoms with van der Waals surface area (Å²) in [5.41, 5.74) is 4.93. The Kier molecular flexibility index (Phi) is 2.56. The summed E-state index contributed by atoms with van der Waals surface area (Å²) in [5.74, 6) is 0.658. The molecule has 90 valence electrons. The number of amides is 1. The van der Waals surface area contributed by atoms with Crippen molar-refractivity contribution in [2.75, 3.05) is 6.54 Å². The van der Waals surface area contributed by atoms with Crippen LogP contribution in [0.5, 0.6) is 0 Å². The summed E-state index contributed by atoms with van der Waals surface area (Å²) in [6.45, 7) is 5.00. The molecule has 1 saturated carbocycles. The molecule has 5 heteroatoms. The molecule has 0 aromatic heterocycles. The quantitative estimate of drug-likeness (QED) is 0.315. The van der Waals surface area contributed by atoms with Gasteiger partial charge in [0.15, 0.2) is 5.84 Å². The number of nitrogens with two attached hydrogens (primary N) is 1. The number of nitrogens with zero attached hydrogens (tertiary/aromatic N) is 2. The molecule has 0 aromatic rings. The van der Waals surface area contributed by atoms with Gasteiger partial charge in [0.25, 0.3) is 0 Å². The van der Waals surface area contributed by atoms with Gasteiger partial charge in [-0.2, -0.15) is 0 Å². The monoisotopic (exact) mass is 225 g/mol. The van der Waals surface area contributed by atoms with Crippen molar-refractivity contribution in [1.29, 1.82) is 0 Å². The Morgan fingerprint density at radius 2 is 2.12 bits per heavy atom. The molecule has 16 heavy (non-hydrogen) atoms. The molecular formula is C11H19N3O2. The van der Waals surface area contributed by atoms with E-state index in [-0.39, 0.29) is 17.8 Å². The molecule has 1 saturated heterocycles. The average molecular weight is 225 g/mol. The van der Waals surface area contributed by atoms with E-state index >= 15 is 0 Å². The van der Waals surface area contributed by atoms with E-state index in [0.29, 0.717) is 18.8 Å². The largest absolute Gasteiger partial charge is 0.409 e. The molecule has 0 aromatic carbocycles. The van der Waals surface area contributed by atoms with Gasteiger partial charge in [0, 0.05) is 12.6 Å². The minimum Gasteiger partial charge on any atom is -0.409 e. The molecule has 1 amide bonds. The maximum absolute atomic E-state index is 12.3. The molecular weight excluding hydrogens is 206 g/mol. The van der Waals surface area contributed by atoms with Crippen molar-refractivity contribution in [2.45, 2.75) is 39.2 Å². The number of likely N-dealkylation sites (tertiary alicyclic amines) is 1. The predicted molar refractivity (Wildman–Crippen MR) is 60.0 cm³/mol. The summed E-state index contributed by atoms with van der Waals surface area (Å²) in [4.78, 5) is 14.2. The van der Waals surface area contributed by atoms with Crippen molar-refractivity contribution in [3.8, 4) is 0 Å². The van der Waals surface area contributed by atoms with E-state index < -0.39 is 5.41 Å². The third-order valence-corrected chi connectivity index (χ3v) is 3.80. The van der Waals surface area contributed by atoms with Crippen molar-refractivity contribution < 1.29 is 10.0 Å². The predicted octanol–water partition coefficient (Wildman–Crippen LogP) is 0.770. The Morgan fingerprint density at radius 1 is 1.50 bits per heavy atom. The molecule has 2 unspecified atom stereocenters. The van der Waals surface area contributed by atoms with Gasteiger partial charge in [-0.3, -0.25) is 4.79 Å². The Bertz CT molecular complexity index is 336. The Morgan fingerprint density at radius 3 is 2.50 bits per heavy atom. The van der Waals surface area contributed by atoms with E-state index in [2.05, 4.69) is 19.0 Å². The van der Waals surface area contributed by atoms with Crippen molar-refractivity contribution in [3.63, 3.8) is 0 Å². The van der Waals surface area contributed by atoms with Crippen molar-refractivity contribution in [1.82, 2.24) is 4.90 Å². The number of amidine groups is 1. The number of rotatable bonds is 2. The summed E-state index contributed by atoms with van der Waals surface area (Å²) in [6.07, 6.45) is 2.46. The lowest BCUT2D eigenvalue weighted by molar-refractivity contribution is -0.135. The lowest BCUT2D eigenvalue weighted by Gasteiger charge is -2.26. The van der Waals surface area contributed by atoms with Gasteiger partial charge in [-0.1, -0.05) is 12.1 Å². The molecule has 1 heterocycles. The van der Waals surface area contributed by atoms with Gasteiger partial charge in [-0.25, -0.2) is 0 Å². The smallest absolute Gasteiger partial charge is 0.236 e. The second-order valence-corrected chi connectivity index (χ2v) is 5.21. The highest BCUT2D eigenvalue weighted by Crippen LogP contribution is 2.48. The van der Waals surface area contributed by atoms with Crippen LogP contribution in [0.15, 0.2) is 5.16 Å². The molecule has 2 rings (SSSR count). The zero-order chi connectivity index (χ0) is 11.9. The fourth-order valence-electron chi connectivity index (χ4n) is 2.66. The molecule has 0 spiro atoms. The molecule has 2 aliphatic rings. The van der Waals surface area contributed by atoms with E-state index in [9.17, 15) is 4.79 Å². The van der Waals surface area contributed by atoms with Crippen LogP contribution >= 0.6 is 0 Å². The molecule has 1 aliphatic carbocycles. The molecule has 0 radical (unpaired) electrons. The summed E-state index contributed by atoms with van der Waals surface area (Å²) < 4.78 is 0. The van der Waals surface area contributed by atoms with Gasteiger partial charge >= 0.3 is 0 Å². The Hall–Kier alpha value is -1.26. The van der Waals surface area contributed by atoms with Gasteiger partial charge in [0.2, 0.25) is 5.91 Å². The highest BCUT2D eigenvalue weighted by atomic mass is 16.4. The highest BCUT2D eigenvalue weighted by molar-refractivity contribution is 6.09. The zero-order valence-corrected chi connectivity index (χ0v) is 9.81. The minimum absolute atomic E-state index is 0.0413. The Balaban J connectivity index is 2.14. The summed E-state index contributed by atoms with van der Waals surface area (Å²) >= 11 is 0. The third kappa shape index (κ3) is 1.54. The van der Waals surface area contributed by atoms with Crippen LogP contribution in [0.25, 0.3) is 0 Å². The first kappa shape index (κ1) is 11.2. The average Bonchev–Trinajstić information content (AvgIpc) is 2.98. The van der Waals surface area contributed by atoms with Crippen LogP contribution in [0.4, 0.5) is 0 Å². The van der Waals surface area contributed by atoms with Gasteiger partial charge in [-0.05, 0) is 32.1 Å². The van der Waals surface area contributed by atoms with E-state index in [1.807, 2.05) is 4.90 Å². The van der Waals surface area contributed by atoms with E-state index in [1.165, 1.54) is 0 Å². The summed E-state index contributed by atoms with van der Waals surface area (Å²) in [6, 6.07) is 0.270. The number of oxime groups is 1. The van der Waals surface area contributed by atoms with Crippen LogP contribution in [0.1, 0.15) is 33.1 Å². The highest BCUT2D eigenvalue weighted by Gasteiger charge is 2.57. The van der Waals surface area contributed by atoms with Crippen molar-refractivity contribution in [2.24, 2.45) is 22.2 Å². The van der Waals surface area contributed by atoms with E-state index in [4.69, 9.17) is 10.9 Å². The molecule has 5 nitrogen and oxygen atoms in total. The second kappa shape index (κ2) is 3.64. The van der Waals surface area contributed by atoms with Gasteiger partial charge in [0.05, 0.1) is 0 Å². The molecule has 0 bridgehead atoms. The van der Waals surface area contributed by atoms with Crippen molar-refractivity contribution >= 4 is 11.7 Å². The SMILES string of the molecule is CC1CC(C)N(C(=O)C2(C(N)=NO)CC2)C1. The number of carbonyl (C=O) groups excluding carboxylic acids is 1.